The molecule has 0 saturated heterocycles. The van der Waals surface area contributed by atoms with Crippen LogP contribution in [0.2, 0.25) is 0 Å². The molecule has 0 unspecified atom stereocenters. The summed E-state index contributed by atoms with van der Waals surface area (Å²) in [7, 11) is 0. The summed E-state index contributed by atoms with van der Waals surface area (Å²) < 4.78 is 0. The predicted molar refractivity (Wildman–Crippen MR) is 47.8 cm³/mol. The molecule has 1 aliphatic carbocycles. The zero-order valence-corrected chi connectivity index (χ0v) is 8.35. The summed E-state index contributed by atoms with van der Waals surface area (Å²) in [6.07, 6.45) is 1.06. The fourth-order valence-electron chi connectivity index (χ4n) is 2.25. The number of aliphatic hydroxyl groups excluding tert-OH is 1. The van der Waals surface area contributed by atoms with Crippen molar-refractivity contribution >= 4 is 5.78 Å². The van der Waals surface area contributed by atoms with Gasteiger partial charge in [-0.15, -0.1) is 0 Å². The van der Waals surface area contributed by atoms with E-state index in [0.717, 1.165) is 6.42 Å². The molecule has 0 amide bonds. The van der Waals surface area contributed by atoms with Gasteiger partial charge in [0.25, 0.3) is 0 Å². The van der Waals surface area contributed by atoms with E-state index in [-0.39, 0.29) is 22.7 Å². The van der Waals surface area contributed by atoms with Crippen molar-refractivity contribution in [2.45, 2.75) is 46.6 Å². The van der Waals surface area contributed by atoms with Crippen molar-refractivity contribution in [3.8, 4) is 0 Å². The second-order valence-corrected chi connectivity index (χ2v) is 4.83. The quantitative estimate of drug-likeness (QED) is 0.651. The Hall–Kier alpha value is -0.370. The van der Waals surface area contributed by atoms with Gasteiger partial charge in [-0.1, -0.05) is 20.8 Å². The first-order valence-electron chi connectivity index (χ1n) is 4.49. The number of hydrogen-bond acceptors (Lipinski definition) is 2. The molecular weight excluding hydrogens is 152 g/mol. The van der Waals surface area contributed by atoms with E-state index in [1.54, 1.807) is 6.92 Å². The summed E-state index contributed by atoms with van der Waals surface area (Å²) >= 11 is 0. The first-order chi connectivity index (χ1) is 5.29. The first kappa shape index (κ1) is 9.72. The van der Waals surface area contributed by atoms with Crippen LogP contribution in [0.15, 0.2) is 0 Å². The molecule has 1 N–H and O–H groups in total. The number of carbonyl (C=O) groups is 1. The summed E-state index contributed by atoms with van der Waals surface area (Å²) in [5.74, 6) is 0.198. The lowest BCUT2D eigenvalue weighted by Gasteiger charge is -2.35. The monoisotopic (exact) mass is 170 g/mol. The smallest absolute Gasteiger partial charge is 0.136 e. The van der Waals surface area contributed by atoms with E-state index in [0.29, 0.717) is 6.42 Å². The molecular formula is C10H18O2. The Kier molecular flexibility index (Phi) is 2.07. The Labute approximate surface area is 74.0 Å². The van der Waals surface area contributed by atoms with Crippen molar-refractivity contribution in [2.75, 3.05) is 0 Å². The summed E-state index contributed by atoms with van der Waals surface area (Å²) in [5.41, 5.74) is -0.384. The van der Waals surface area contributed by atoms with E-state index in [1.165, 1.54) is 0 Å². The van der Waals surface area contributed by atoms with E-state index < -0.39 is 0 Å². The Balaban J connectivity index is 2.98. The van der Waals surface area contributed by atoms with Gasteiger partial charge in [0.15, 0.2) is 0 Å². The molecule has 1 aliphatic rings. The molecule has 2 heteroatoms. The largest absolute Gasteiger partial charge is 0.393 e. The van der Waals surface area contributed by atoms with Gasteiger partial charge in [-0.3, -0.25) is 4.79 Å². The van der Waals surface area contributed by atoms with Gasteiger partial charge in [0.05, 0.1) is 6.10 Å². The highest BCUT2D eigenvalue weighted by atomic mass is 16.3. The minimum Gasteiger partial charge on any atom is -0.393 e. The predicted octanol–water partition coefficient (Wildman–Crippen LogP) is 1.76. The van der Waals surface area contributed by atoms with E-state index in [9.17, 15) is 9.90 Å². The normalized spacial score (nSPS) is 39.9. The highest BCUT2D eigenvalue weighted by Gasteiger charge is 2.51. The van der Waals surface area contributed by atoms with Crippen molar-refractivity contribution in [1.82, 2.24) is 0 Å². The lowest BCUT2D eigenvalue weighted by molar-refractivity contribution is -0.130. The van der Waals surface area contributed by atoms with E-state index in [1.807, 2.05) is 6.92 Å². The maximum Gasteiger partial charge on any atom is 0.136 e. The molecule has 0 aromatic rings. The van der Waals surface area contributed by atoms with Gasteiger partial charge in [-0.25, -0.2) is 0 Å². The molecule has 0 radical (unpaired) electrons. The molecule has 70 valence electrons. The lowest BCUT2D eigenvalue weighted by atomic mass is 9.67. The minimum atomic E-state index is -0.327. The van der Waals surface area contributed by atoms with Crippen molar-refractivity contribution < 1.29 is 9.90 Å². The van der Waals surface area contributed by atoms with Crippen LogP contribution < -0.4 is 0 Å². The van der Waals surface area contributed by atoms with Crippen LogP contribution in [0.3, 0.4) is 0 Å². The van der Waals surface area contributed by atoms with Crippen LogP contribution in [0, 0.1) is 10.8 Å². The molecule has 2 nitrogen and oxygen atoms in total. The van der Waals surface area contributed by atoms with Crippen molar-refractivity contribution in [2.24, 2.45) is 10.8 Å². The van der Waals surface area contributed by atoms with Crippen molar-refractivity contribution in [3.05, 3.63) is 0 Å². The van der Waals surface area contributed by atoms with Crippen LogP contribution in [-0.4, -0.2) is 17.0 Å². The van der Waals surface area contributed by atoms with Crippen LogP contribution in [0.5, 0.6) is 0 Å². The molecule has 0 aromatic carbocycles. The number of rotatable bonds is 1. The Morgan fingerprint density at radius 3 is 2.00 bits per heavy atom. The Morgan fingerprint density at radius 2 is 1.83 bits per heavy atom. The molecule has 2 atom stereocenters. The van der Waals surface area contributed by atoms with Gasteiger partial charge < -0.3 is 5.11 Å². The van der Waals surface area contributed by atoms with Crippen LogP contribution in [-0.2, 0) is 4.79 Å². The summed E-state index contributed by atoms with van der Waals surface area (Å²) in [4.78, 5) is 11.4. The lowest BCUT2D eigenvalue weighted by Crippen LogP contribution is -2.36. The van der Waals surface area contributed by atoms with Crippen LogP contribution >= 0.6 is 0 Å². The van der Waals surface area contributed by atoms with Crippen molar-refractivity contribution in [1.29, 1.82) is 0 Å². The number of Topliss-reactive ketones (excluding diaryl/α,β-unsaturated/α-hetero) is 1. The molecule has 0 heterocycles. The third kappa shape index (κ3) is 1.18. The molecule has 1 rings (SSSR count). The average molecular weight is 170 g/mol. The third-order valence-corrected chi connectivity index (χ3v) is 3.66. The van der Waals surface area contributed by atoms with Crippen LogP contribution in [0.1, 0.15) is 40.5 Å². The van der Waals surface area contributed by atoms with E-state index in [4.69, 9.17) is 0 Å². The Bertz CT molecular complexity index is 208. The highest BCUT2D eigenvalue weighted by molar-refractivity contribution is 5.83. The first-order valence-corrected chi connectivity index (χ1v) is 4.49. The van der Waals surface area contributed by atoms with Gasteiger partial charge in [0.1, 0.15) is 5.78 Å². The fourth-order valence-corrected chi connectivity index (χ4v) is 2.25. The molecule has 0 bridgehead atoms. The molecule has 1 saturated carbocycles. The van der Waals surface area contributed by atoms with E-state index >= 15 is 0 Å². The summed E-state index contributed by atoms with van der Waals surface area (Å²) in [6, 6.07) is 0. The Morgan fingerprint density at radius 1 is 1.33 bits per heavy atom. The zero-order chi connectivity index (χ0) is 9.57. The molecule has 0 aliphatic heterocycles. The standard InChI is InChI=1S/C10H18O2/c1-7(11)10(4)6-8(12)5-9(10,2)3/h8,12H,5-6H2,1-4H3/t8-,10-/m1/s1. The SMILES string of the molecule is CC(=O)[C@@]1(C)C[C@H](O)CC1(C)C. The average Bonchev–Trinajstić information content (AvgIpc) is 2.02. The number of aliphatic hydroxyl groups is 1. The van der Waals surface area contributed by atoms with Gasteiger partial charge in [-0.05, 0) is 25.2 Å². The van der Waals surface area contributed by atoms with Crippen LogP contribution in [0.4, 0.5) is 0 Å². The van der Waals surface area contributed by atoms with Crippen molar-refractivity contribution in [3.63, 3.8) is 0 Å². The minimum absolute atomic E-state index is 0.0573. The second kappa shape index (κ2) is 2.56. The summed E-state index contributed by atoms with van der Waals surface area (Å²) in [6.45, 7) is 7.71. The topological polar surface area (TPSA) is 37.3 Å². The second-order valence-electron chi connectivity index (χ2n) is 4.83. The van der Waals surface area contributed by atoms with Crippen LogP contribution in [0.25, 0.3) is 0 Å². The molecule has 12 heavy (non-hydrogen) atoms. The van der Waals surface area contributed by atoms with Gasteiger partial charge in [-0.2, -0.15) is 0 Å². The van der Waals surface area contributed by atoms with Gasteiger partial charge >= 0.3 is 0 Å². The maximum absolute atomic E-state index is 11.4. The molecule has 0 aromatic heterocycles. The third-order valence-electron chi connectivity index (χ3n) is 3.66. The number of hydrogen-bond donors (Lipinski definition) is 1. The zero-order valence-electron chi connectivity index (χ0n) is 8.35. The highest BCUT2D eigenvalue weighted by Crippen LogP contribution is 2.52. The fraction of sp³-hybridized carbons (Fsp3) is 0.900. The maximum atomic E-state index is 11.4. The van der Waals surface area contributed by atoms with Gasteiger partial charge in [0, 0.05) is 5.41 Å². The van der Waals surface area contributed by atoms with Gasteiger partial charge in [0.2, 0.25) is 0 Å². The van der Waals surface area contributed by atoms with E-state index in [2.05, 4.69) is 13.8 Å². The number of ketones is 1. The molecule has 0 spiro atoms. The summed E-state index contributed by atoms with van der Waals surface area (Å²) in [5, 5.41) is 9.50. The number of carbonyl (C=O) groups excluding carboxylic acids is 1. The molecule has 1 fully saturated rings.